The number of rotatable bonds is 3. The van der Waals surface area contributed by atoms with Crippen LogP contribution in [0.2, 0.25) is 4.47 Å². The maximum absolute atomic E-state index is 5.75. The molecule has 1 aromatic heterocycles. The molecule has 3 nitrogen and oxygen atoms in total. The Balaban J connectivity index is 0.00000112. The lowest BCUT2D eigenvalue weighted by Crippen LogP contribution is -2.42. The smallest absolute Gasteiger partial charge is 0.183 e. The van der Waals surface area contributed by atoms with Gasteiger partial charge in [-0.2, -0.15) is 0 Å². The van der Waals surface area contributed by atoms with Crippen LogP contribution >= 0.6 is 35.3 Å². The fourth-order valence-corrected chi connectivity index (χ4v) is 2.57. The van der Waals surface area contributed by atoms with Gasteiger partial charge in [0, 0.05) is 30.2 Å². The first-order valence-corrected chi connectivity index (χ1v) is 6.08. The first-order valence-electron chi connectivity index (χ1n) is 4.89. The van der Waals surface area contributed by atoms with Crippen LogP contribution in [0.3, 0.4) is 0 Å². The maximum Gasteiger partial charge on any atom is 0.183 e. The first kappa shape index (κ1) is 13.2. The van der Waals surface area contributed by atoms with Crippen LogP contribution in [0.25, 0.3) is 0 Å². The lowest BCUT2D eigenvalue weighted by Gasteiger charge is -2.23. The zero-order valence-electron chi connectivity index (χ0n) is 8.33. The summed E-state index contributed by atoms with van der Waals surface area (Å²) in [5, 5.41) is 6.88. The summed E-state index contributed by atoms with van der Waals surface area (Å²) in [4.78, 5) is 5.22. The van der Waals surface area contributed by atoms with Crippen molar-refractivity contribution in [3.63, 3.8) is 0 Å². The second-order valence-corrected chi connectivity index (χ2v) is 5.20. The number of hydrogen-bond acceptors (Lipinski definition) is 4. The third kappa shape index (κ3) is 4.25. The van der Waals surface area contributed by atoms with Crippen LogP contribution in [0, 0.1) is 0 Å². The Hall–Kier alpha value is 0.130. The topological polar surface area (TPSA) is 37.0 Å². The number of hydrogen-bond donors (Lipinski definition) is 2. The number of nitrogens with one attached hydrogen (secondary N) is 2. The van der Waals surface area contributed by atoms with Crippen molar-refractivity contribution >= 4 is 35.3 Å². The summed E-state index contributed by atoms with van der Waals surface area (Å²) in [6.45, 7) is 3.12. The van der Waals surface area contributed by atoms with Crippen molar-refractivity contribution in [2.24, 2.45) is 0 Å². The van der Waals surface area contributed by atoms with Gasteiger partial charge >= 0.3 is 0 Å². The number of aromatic nitrogens is 1. The minimum Gasteiger partial charge on any atom is -0.315 e. The van der Waals surface area contributed by atoms with E-state index in [9.17, 15) is 0 Å². The van der Waals surface area contributed by atoms with E-state index in [1.165, 1.54) is 17.7 Å². The van der Waals surface area contributed by atoms with Crippen molar-refractivity contribution in [1.82, 2.24) is 15.6 Å². The molecule has 0 radical (unpaired) electrons. The molecule has 0 unspecified atom stereocenters. The molecule has 0 aromatic carbocycles. The summed E-state index contributed by atoms with van der Waals surface area (Å²) in [6.07, 6.45) is 4.37. The van der Waals surface area contributed by atoms with Crippen molar-refractivity contribution < 1.29 is 0 Å². The molecule has 0 aliphatic carbocycles. The average molecular weight is 268 g/mol. The van der Waals surface area contributed by atoms with Crippen LogP contribution in [0.5, 0.6) is 0 Å². The summed E-state index contributed by atoms with van der Waals surface area (Å²) in [7, 11) is 0. The molecule has 15 heavy (non-hydrogen) atoms. The second kappa shape index (κ2) is 6.66. The molecule has 1 aliphatic heterocycles. The van der Waals surface area contributed by atoms with Gasteiger partial charge in [0.1, 0.15) is 0 Å². The molecule has 1 saturated heterocycles. The maximum atomic E-state index is 5.75. The third-order valence-corrected chi connectivity index (χ3v) is 3.50. The van der Waals surface area contributed by atoms with Crippen LogP contribution in [0.15, 0.2) is 6.20 Å². The normalized spacial score (nSPS) is 21.0. The summed E-state index contributed by atoms with van der Waals surface area (Å²) in [5.74, 6) is 0. The van der Waals surface area contributed by atoms with Gasteiger partial charge in [0.15, 0.2) is 4.47 Å². The van der Waals surface area contributed by atoms with Crippen molar-refractivity contribution in [2.75, 3.05) is 13.1 Å². The predicted molar refractivity (Wildman–Crippen MR) is 67.1 cm³/mol. The van der Waals surface area contributed by atoms with Gasteiger partial charge < -0.3 is 10.6 Å². The van der Waals surface area contributed by atoms with E-state index in [1.807, 2.05) is 6.20 Å². The Bertz CT molecular complexity index is 287. The van der Waals surface area contributed by atoms with Crippen LogP contribution in [0.1, 0.15) is 17.7 Å². The fraction of sp³-hybridized carbons (Fsp3) is 0.667. The van der Waals surface area contributed by atoms with Crippen LogP contribution in [0.4, 0.5) is 0 Å². The van der Waals surface area contributed by atoms with Gasteiger partial charge in [-0.3, -0.25) is 0 Å². The molecule has 86 valence electrons. The van der Waals surface area contributed by atoms with Gasteiger partial charge in [-0.1, -0.05) is 11.6 Å². The summed E-state index contributed by atoms with van der Waals surface area (Å²) in [6, 6.07) is 0.602. The molecule has 1 aromatic rings. The zero-order valence-corrected chi connectivity index (χ0v) is 10.7. The molecular weight excluding hydrogens is 253 g/mol. The van der Waals surface area contributed by atoms with E-state index in [-0.39, 0.29) is 12.4 Å². The van der Waals surface area contributed by atoms with Crippen LogP contribution in [-0.4, -0.2) is 24.1 Å². The van der Waals surface area contributed by atoms with E-state index in [1.54, 1.807) is 11.3 Å². The van der Waals surface area contributed by atoms with Gasteiger partial charge in [-0.15, -0.1) is 23.7 Å². The molecule has 1 aliphatic rings. The lowest BCUT2D eigenvalue weighted by molar-refractivity contribution is 0.390. The number of thiazole rings is 1. The summed E-state index contributed by atoms with van der Waals surface area (Å²) >= 11 is 7.30. The van der Waals surface area contributed by atoms with Crippen LogP contribution < -0.4 is 10.6 Å². The van der Waals surface area contributed by atoms with Crippen LogP contribution in [-0.2, 0) is 6.54 Å². The molecule has 2 N–H and O–H groups in total. The highest BCUT2D eigenvalue weighted by molar-refractivity contribution is 7.15. The molecule has 0 amide bonds. The lowest BCUT2D eigenvalue weighted by atomic mass is 10.1. The zero-order chi connectivity index (χ0) is 9.80. The average Bonchev–Trinajstić information content (AvgIpc) is 2.63. The Morgan fingerprint density at radius 3 is 3.13 bits per heavy atom. The Kier molecular flexibility index (Phi) is 5.86. The number of piperidine rings is 1. The first-order chi connectivity index (χ1) is 6.84. The Morgan fingerprint density at radius 2 is 2.53 bits per heavy atom. The van der Waals surface area contributed by atoms with Crippen molar-refractivity contribution in [1.29, 1.82) is 0 Å². The van der Waals surface area contributed by atoms with E-state index in [4.69, 9.17) is 11.6 Å². The van der Waals surface area contributed by atoms with Gasteiger partial charge in [-0.25, -0.2) is 4.98 Å². The minimum absolute atomic E-state index is 0. The van der Waals surface area contributed by atoms with E-state index in [0.29, 0.717) is 10.5 Å². The summed E-state index contributed by atoms with van der Waals surface area (Å²) < 4.78 is 0.628. The van der Waals surface area contributed by atoms with Crippen molar-refractivity contribution in [3.8, 4) is 0 Å². The molecule has 0 bridgehead atoms. The molecular formula is C9H15Cl2N3S. The van der Waals surface area contributed by atoms with E-state index < -0.39 is 0 Å². The number of halogens is 2. The highest BCUT2D eigenvalue weighted by Crippen LogP contribution is 2.17. The highest BCUT2D eigenvalue weighted by atomic mass is 35.5. The Labute approximate surface area is 105 Å². The SMILES string of the molecule is Cl.Clc1ncc(CN[C@H]2CCCNC2)s1. The molecule has 2 heterocycles. The van der Waals surface area contributed by atoms with Crippen molar-refractivity contribution in [2.45, 2.75) is 25.4 Å². The van der Waals surface area contributed by atoms with Gasteiger partial charge in [-0.05, 0) is 19.4 Å². The monoisotopic (exact) mass is 267 g/mol. The standard InChI is InChI=1S/C9H14ClN3S.ClH/c10-9-13-6-8(14-9)5-12-7-2-1-3-11-4-7;/h6-7,11-12H,1-5H2;1H/t7-;/m0./s1. The minimum atomic E-state index is 0. The van der Waals surface area contributed by atoms with Gasteiger partial charge in [0.2, 0.25) is 0 Å². The van der Waals surface area contributed by atoms with E-state index >= 15 is 0 Å². The Morgan fingerprint density at radius 1 is 1.67 bits per heavy atom. The predicted octanol–water partition coefficient (Wildman–Crippen LogP) is 2.06. The van der Waals surface area contributed by atoms with E-state index in [2.05, 4.69) is 15.6 Å². The fourth-order valence-electron chi connectivity index (χ4n) is 1.64. The molecule has 1 fully saturated rings. The largest absolute Gasteiger partial charge is 0.315 e. The third-order valence-electron chi connectivity index (χ3n) is 2.39. The molecule has 2 rings (SSSR count). The highest BCUT2D eigenvalue weighted by Gasteiger charge is 2.12. The molecule has 6 heteroatoms. The van der Waals surface area contributed by atoms with Crippen molar-refractivity contribution in [3.05, 3.63) is 15.5 Å². The van der Waals surface area contributed by atoms with E-state index in [0.717, 1.165) is 19.6 Å². The summed E-state index contributed by atoms with van der Waals surface area (Å²) in [5.41, 5.74) is 0. The number of nitrogens with zero attached hydrogens (tertiary/aromatic N) is 1. The second-order valence-electron chi connectivity index (χ2n) is 3.50. The molecule has 0 saturated carbocycles. The van der Waals surface area contributed by atoms with Gasteiger partial charge in [0.05, 0.1) is 0 Å². The quantitative estimate of drug-likeness (QED) is 0.881. The van der Waals surface area contributed by atoms with Gasteiger partial charge in [0.25, 0.3) is 0 Å². The molecule has 1 atom stereocenters. The molecule has 0 spiro atoms.